The van der Waals surface area contributed by atoms with E-state index in [0.717, 1.165) is 0 Å². The van der Waals surface area contributed by atoms with Crippen molar-refractivity contribution in [3.8, 4) is 0 Å². The average molecular weight is 298 g/mol. The van der Waals surface area contributed by atoms with Crippen molar-refractivity contribution in [3.63, 3.8) is 0 Å². The van der Waals surface area contributed by atoms with Gasteiger partial charge in [-0.25, -0.2) is 0 Å². The van der Waals surface area contributed by atoms with Crippen LogP contribution in [0.25, 0.3) is 0 Å². The molecule has 0 aliphatic heterocycles. The third-order valence-electron chi connectivity index (χ3n) is 3.69. The molecule has 0 aromatic carbocycles. The van der Waals surface area contributed by atoms with Gasteiger partial charge in [0.2, 0.25) is 0 Å². The van der Waals surface area contributed by atoms with E-state index < -0.39 is 8.07 Å². The second-order valence-corrected chi connectivity index (χ2v) is 13.8. The van der Waals surface area contributed by atoms with Gasteiger partial charge in [-0.2, -0.15) is 0 Å². The van der Waals surface area contributed by atoms with Crippen LogP contribution in [0.15, 0.2) is 20.3 Å². The van der Waals surface area contributed by atoms with Gasteiger partial charge in [-0.1, -0.05) is 0 Å². The van der Waals surface area contributed by atoms with Crippen LogP contribution in [0.1, 0.15) is 41.5 Å². The quantitative estimate of drug-likeness (QED) is 0.747. The molecule has 1 nitrogen and oxygen atoms in total. The second kappa shape index (κ2) is 4.64. The summed E-state index contributed by atoms with van der Waals surface area (Å²) in [5.74, 6) is 0. The third kappa shape index (κ3) is 3.03. The summed E-state index contributed by atoms with van der Waals surface area (Å²) in [5.41, 5.74) is 3.28. The first-order valence-corrected chi connectivity index (χ1v) is 11.0. The molecule has 1 N–H and O–H groups in total. The molecule has 0 bridgehead atoms. The summed E-state index contributed by atoms with van der Waals surface area (Å²) in [6, 6.07) is 0. The van der Waals surface area contributed by atoms with Crippen molar-refractivity contribution in [2.45, 2.75) is 66.7 Å². The Balaban J connectivity index is 3.40. The van der Waals surface area contributed by atoms with Crippen LogP contribution in [0.5, 0.6) is 0 Å². The van der Waals surface area contributed by atoms with Crippen LogP contribution in [-0.4, -0.2) is 13.6 Å². The van der Waals surface area contributed by atoms with Crippen LogP contribution in [0.2, 0.25) is 19.6 Å². The molecule has 0 aromatic rings. The maximum absolute atomic E-state index is 3.77. The molecule has 1 aliphatic carbocycles. The monoisotopic (exact) mass is 298 g/mol. The van der Waals surface area contributed by atoms with Crippen molar-refractivity contribution in [1.82, 2.24) is 5.32 Å². The molecule has 0 unspecified atom stereocenters. The molecule has 0 spiro atoms. The Labute approximate surface area is 126 Å². The molecule has 1 rings (SSSR count). The van der Waals surface area contributed by atoms with Crippen LogP contribution in [0, 0.1) is 5.41 Å². The fraction of sp³-hybridized carbons (Fsp3) is 0.733. The minimum absolute atomic E-state index is 0.127. The van der Waals surface area contributed by atoms with Gasteiger partial charge in [-0.3, -0.25) is 0 Å². The predicted molar refractivity (Wildman–Crippen MR) is 79.7 cm³/mol. The molecule has 0 fully saturated rings. The molecule has 0 heterocycles. The number of allylic oxidation sites excluding steroid dienone is 3. The molecule has 0 aromatic heterocycles. The standard InChI is InChI=1S/C15H28NSi.Ti/c1-11-13(16-14(2,3)4)12(17(7,8)9)10-15(11,5)6;/h16H,1-9H3;. The fourth-order valence-electron chi connectivity index (χ4n) is 2.41. The summed E-state index contributed by atoms with van der Waals surface area (Å²) in [6.07, 6.45) is 0. The average Bonchev–Trinajstić information content (AvgIpc) is 2.24. The summed E-state index contributed by atoms with van der Waals surface area (Å²) in [7, 11) is -1.32. The van der Waals surface area contributed by atoms with E-state index in [2.05, 4.69) is 86.9 Å². The molecular formula is C15H28NSiTi. The molecule has 1 aliphatic rings. The van der Waals surface area contributed by atoms with Gasteiger partial charge < -0.3 is 0 Å². The summed E-state index contributed by atoms with van der Waals surface area (Å²) < 4.78 is 1.57. The fourth-order valence-corrected chi connectivity index (χ4v) is 6.71. The van der Waals surface area contributed by atoms with Gasteiger partial charge >= 0.3 is 126 Å². The van der Waals surface area contributed by atoms with E-state index >= 15 is 0 Å². The van der Waals surface area contributed by atoms with Crippen LogP contribution >= 0.6 is 0 Å². The van der Waals surface area contributed by atoms with E-state index in [9.17, 15) is 0 Å². The Kier molecular flexibility index (Phi) is 4.20. The Morgan fingerprint density at radius 2 is 1.56 bits per heavy atom. The van der Waals surface area contributed by atoms with Gasteiger partial charge in [0.1, 0.15) is 0 Å². The Morgan fingerprint density at radius 1 is 1.11 bits per heavy atom. The molecule has 0 atom stereocenters. The molecule has 101 valence electrons. The van der Waals surface area contributed by atoms with E-state index in [1.54, 1.807) is 9.07 Å². The van der Waals surface area contributed by atoms with E-state index in [1.165, 1.54) is 11.3 Å². The van der Waals surface area contributed by atoms with Gasteiger partial charge in [-0.05, 0) is 0 Å². The van der Waals surface area contributed by atoms with Crippen LogP contribution < -0.4 is 5.32 Å². The zero-order valence-corrected chi connectivity index (χ0v) is 16.1. The predicted octanol–water partition coefficient (Wildman–Crippen LogP) is 4.37. The van der Waals surface area contributed by atoms with E-state index in [-0.39, 0.29) is 11.0 Å². The van der Waals surface area contributed by atoms with Gasteiger partial charge in [-0.15, -0.1) is 0 Å². The topological polar surface area (TPSA) is 12.0 Å². The van der Waals surface area contributed by atoms with Gasteiger partial charge in [0.15, 0.2) is 0 Å². The van der Waals surface area contributed by atoms with Crippen molar-refractivity contribution >= 4 is 8.07 Å². The summed E-state index contributed by atoms with van der Waals surface area (Å²) >= 11 is 2.33. The number of hydrogen-bond donors (Lipinski definition) is 1. The number of rotatable bonds is 2. The first-order chi connectivity index (χ1) is 7.78. The Morgan fingerprint density at radius 3 is 1.89 bits per heavy atom. The minimum atomic E-state index is -1.32. The van der Waals surface area contributed by atoms with Crippen LogP contribution in [0.3, 0.4) is 0 Å². The molecule has 0 amide bonds. The van der Waals surface area contributed by atoms with Gasteiger partial charge in [0.05, 0.1) is 0 Å². The Bertz CT molecular complexity index is 417. The van der Waals surface area contributed by atoms with Gasteiger partial charge in [0, 0.05) is 0 Å². The van der Waals surface area contributed by atoms with Crippen molar-refractivity contribution in [1.29, 1.82) is 0 Å². The normalized spacial score (nSPS) is 20.7. The first kappa shape index (κ1) is 16.3. The molecule has 3 heteroatoms. The van der Waals surface area contributed by atoms with Gasteiger partial charge in [0.25, 0.3) is 0 Å². The van der Waals surface area contributed by atoms with Crippen molar-refractivity contribution in [3.05, 3.63) is 20.3 Å². The summed E-state index contributed by atoms with van der Waals surface area (Å²) in [6.45, 7) is 21.1. The second-order valence-electron chi connectivity index (χ2n) is 8.00. The van der Waals surface area contributed by atoms with E-state index in [0.29, 0.717) is 0 Å². The van der Waals surface area contributed by atoms with E-state index in [1.807, 2.05) is 0 Å². The van der Waals surface area contributed by atoms with Crippen molar-refractivity contribution < 1.29 is 20.4 Å². The number of nitrogens with one attached hydrogen (secondary N) is 1. The SMILES string of the molecule is CC1=C(NC(C)(C)C)C([Si](C)(C)C)=[C]([Ti])C1(C)C. The van der Waals surface area contributed by atoms with E-state index in [4.69, 9.17) is 0 Å². The number of hydrogen-bond acceptors (Lipinski definition) is 1. The van der Waals surface area contributed by atoms with Crippen molar-refractivity contribution in [2.24, 2.45) is 5.41 Å². The van der Waals surface area contributed by atoms with Crippen LogP contribution in [0.4, 0.5) is 0 Å². The third-order valence-corrected chi connectivity index (χ3v) is 7.44. The molecular weight excluding hydrogens is 270 g/mol. The van der Waals surface area contributed by atoms with Crippen molar-refractivity contribution in [2.75, 3.05) is 0 Å². The first-order valence-electron chi connectivity index (χ1n) is 6.75. The molecule has 0 radical (unpaired) electrons. The van der Waals surface area contributed by atoms with Crippen LogP contribution in [-0.2, 0) is 20.4 Å². The molecule has 0 saturated heterocycles. The molecule has 0 saturated carbocycles. The summed E-state index contributed by atoms with van der Waals surface area (Å²) in [4.78, 5) is 0. The summed E-state index contributed by atoms with van der Waals surface area (Å²) in [5, 5.41) is 5.41. The zero-order chi connectivity index (χ0) is 14.5. The maximum atomic E-state index is 3.77. The molecule has 18 heavy (non-hydrogen) atoms. The zero-order valence-electron chi connectivity index (χ0n) is 13.5. The Hall–Kier alpha value is 0.211.